The molecule has 0 aromatic heterocycles. The third-order valence-corrected chi connectivity index (χ3v) is 3.33. The molecule has 2 N–H and O–H groups in total. The average Bonchev–Trinajstić information content (AvgIpc) is 2.39. The summed E-state index contributed by atoms with van der Waals surface area (Å²) in [5, 5.41) is 0.349. The van der Waals surface area contributed by atoms with Crippen molar-refractivity contribution >= 4 is 11.6 Å². The van der Waals surface area contributed by atoms with E-state index < -0.39 is 6.04 Å². The molecule has 0 amide bonds. The van der Waals surface area contributed by atoms with Crippen LogP contribution in [0, 0.1) is 5.82 Å². The molecule has 1 unspecified atom stereocenters. The summed E-state index contributed by atoms with van der Waals surface area (Å²) in [5.41, 5.74) is 7.34. The Morgan fingerprint density at radius 1 is 1.21 bits per heavy atom. The van der Waals surface area contributed by atoms with Crippen molar-refractivity contribution in [3.8, 4) is 5.75 Å². The van der Waals surface area contributed by atoms with E-state index in [4.69, 9.17) is 22.1 Å². The number of ether oxygens (including phenoxy) is 1. The summed E-state index contributed by atoms with van der Waals surface area (Å²) in [4.78, 5) is 0. The molecule has 0 aliphatic heterocycles. The first-order chi connectivity index (χ1) is 9.13. The monoisotopic (exact) mass is 279 g/mol. The van der Waals surface area contributed by atoms with E-state index in [0.29, 0.717) is 17.0 Å². The van der Waals surface area contributed by atoms with Gasteiger partial charge in [0.05, 0.1) is 7.11 Å². The molecule has 0 aliphatic carbocycles. The minimum absolute atomic E-state index is 0.343. The fourth-order valence-corrected chi connectivity index (χ4v) is 2.38. The fraction of sp³-hybridized carbons (Fsp3) is 0.200. The van der Waals surface area contributed by atoms with Crippen molar-refractivity contribution < 1.29 is 9.13 Å². The number of hydrogen-bond acceptors (Lipinski definition) is 2. The molecule has 2 aromatic carbocycles. The van der Waals surface area contributed by atoms with Gasteiger partial charge in [0.2, 0.25) is 0 Å². The summed E-state index contributed by atoms with van der Waals surface area (Å²) in [7, 11) is 1.60. The van der Waals surface area contributed by atoms with E-state index in [1.807, 2.05) is 24.3 Å². The highest BCUT2D eigenvalue weighted by Gasteiger charge is 2.17. The molecule has 0 saturated heterocycles. The Morgan fingerprint density at radius 3 is 2.63 bits per heavy atom. The number of para-hydroxylation sites is 1. The van der Waals surface area contributed by atoms with Crippen molar-refractivity contribution in [2.24, 2.45) is 5.73 Å². The minimum Gasteiger partial charge on any atom is -0.496 e. The van der Waals surface area contributed by atoms with Crippen LogP contribution < -0.4 is 10.5 Å². The predicted octanol–water partition coefficient (Wildman–Crippen LogP) is 3.73. The van der Waals surface area contributed by atoms with E-state index in [0.717, 1.165) is 11.3 Å². The number of methoxy groups -OCH3 is 1. The van der Waals surface area contributed by atoms with Gasteiger partial charge in [-0.15, -0.1) is 0 Å². The molecule has 2 nitrogen and oxygen atoms in total. The number of nitrogens with two attached hydrogens (primary N) is 1. The Morgan fingerprint density at radius 2 is 1.95 bits per heavy atom. The highest BCUT2D eigenvalue weighted by Crippen LogP contribution is 2.29. The van der Waals surface area contributed by atoms with Gasteiger partial charge in [-0.2, -0.15) is 0 Å². The lowest BCUT2D eigenvalue weighted by Crippen LogP contribution is -2.16. The van der Waals surface area contributed by atoms with Gasteiger partial charge in [-0.05, 0) is 30.2 Å². The second-order valence-corrected chi connectivity index (χ2v) is 4.66. The zero-order valence-electron chi connectivity index (χ0n) is 10.6. The van der Waals surface area contributed by atoms with E-state index in [1.165, 1.54) is 6.07 Å². The smallest absolute Gasteiger partial charge is 0.129 e. The van der Waals surface area contributed by atoms with E-state index >= 15 is 0 Å². The molecule has 1 atom stereocenters. The molecule has 4 heteroatoms. The first-order valence-electron chi connectivity index (χ1n) is 5.95. The highest BCUT2D eigenvalue weighted by atomic mass is 35.5. The Hall–Kier alpha value is -1.58. The summed E-state index contributed by atoms with van der Waals surface area (Å²) in [6, 6.07) is 11.6. The van der Waals surface area contributed by atoms with Gasteiger partial charge in [0, 0.05) is 16.6 Å². The van der Waals surface area contributed by atoms with Crippen LogP contribution in [0.15, 0.2) is 42.5 Å². The van der Waals surface area contributed by atoms with Gasteiger partial charge in [-0.1, -0.05) is 35.9 Å². The minimum atomic E-state index is -0.509. The zero-order chi connectivity index (χ0) is 13.8. The number of benzene rings is 2. The van der Waals surface area contributed by atoms with Gasteiger partial charge in [0.15, 0.2) is 0 Å². The topological polar surface area (TPSA) is 35.2 Å². The van der Waals surface area contributed by atoms with Gasteiger partial charge >= 0.3 is 0 Å². The quantitative estimate of drug-likeness (QED) is 0.925. The molecule has 0 aliphatic rings. The maximum atomic E-state index is 13.8. The highest BCUT2D eigenvalue weighted by molar-refractivity contribution is 6.31. The number of hydrogen-bond donors (Lipinski definition) is 1. The van der Waals surface area contributed by atoms with Crippen LogP contribution in [-0.2, 0) is 6.42 Å². The fourth-order valence-electron chi connectivity index (χ4n) is 2.08. The first-order valence-corrected chi connectivity index (χ1v) is 6.32. The maximum Gasteiger partial charge on any atom is 0.129 e. The van der Waals surface area contributed by atoms with Crippen LogP contribution >= 0.6 is 11.6 Å². The Labute approximate surface area is 117 Å². The van der Waals surface area contributed by atoms with E-state index in [9.17, 15) is 4.39 Å². The van der Waals surface area contributed by atoms with Gasteiger partial charge in [-0.25, -0.2) is 4.39 Å². The van der Waals surface area contributed by atoms with Gasteiger partial charge < -0.3 is 10.5 Å². The van der Waals surface area contributed by atoms with Crippen molar-refractivity contribution in [1.29, 1.82) is 0 Å². The zero-order valence-corrected chi connectivity index (χ0v) is 11.3. The van der Waals surface area contributed by atoms with Gasteiger partial charge in [-0.3, -0.25) is 0 Å². The molecule has 0 bridgehead atoms. The lowest BCUT2D eigenvalue weighted by atomic mass is 9.98. The van der Waals surface area contributed by atoms with Crippen LogP contribution in [0.1, 0.15) is 17.2 Å². The number of rotatable bonds is 4. The van der Waals surface area contributed by atoms with Crippen molar-refractivity contribution in [2.45, 2.75) is 12.5 Å². The third kappa shape index (κ3) is 3.06. The Bertz CT molecular complexity index is 554. The standard InChI is InChI=1S/C15H15ClFNO/c1-19-14-8-3-2-5-10(14)9-13(18)15-11(16)6-4-7-12(15)17/h2-8,13H,9,18H2,1H3. The predicted molar refractivity (Wildman–Crippen MR) is 75.0 cm³/mol. The normalized spacial score (nSPS) is 12.2. The molecule has 0 radical (unpaired) electrons. The van der Waals surface area contributed by atoms with Gasteiger partial charge in [0.1, 0.15) is 11.6 Å². The summed E-state index contributed by atoms with van der Waals surface area (Å²) < 4.78 is 19.1. The molecular formula is C15H15ClFNO. The Balaban J connectivity index is 2.28. The third-order valence-electron chi connectivity index (χ3n) is 3.00. The maximum absolute atomic E-state index is 13.8. The van der Waals surface area contributed by atoms with Crippen molar-refractivity contribution in [3.63, 3.8) is 0 Å². The molecule has 100 valence electrons. The second-order valence-electron chi connectivity index (χ2n) is 4.26. The lowest BCUT2D eigenvalue weighted by Gasteiger charge is -2.16. The van der Waals surface area contributed by atoms with Crippen molar-refractivity contribution in [2.75, 3.05) is 7.11 Å². The molecule has 0 spiro atoms. The van der Waals surface area contributed by atoms with Crippen LogP contribution in [-0.4, -0.2) is 7.11 Å². The van der Waals surface area contributed by atoms with E-state index in [2.05, 4.69) is 0 Å². The lowest BCUT2D eigenvalue weighted by molar-refractivity contribution is 0.408. The van der Waals surface area contributed by atoms with E-state index in [1.54, 1.807) is 19.2 Å². The summed E-state index contributed by atoms with van der Waals surface area (Å²) in [6.07, 6.45) is 0.463. The molecule has 0 heterocycles. The van der Waals surface area contributed by atoms with Gasteiger partial charge in [0.25, 0.3) is 0 Å². The molecule has 2 rings (SSSR count). The second kappa shape index (κ2) is 6.04. The number of halogens is 2. The summed E-state index contributed by atoms with van der Waals surface area (Å²) >= 11 is 6.01. The molecule has 0 fully saturated rings. The van der Waals surface area contributed by atoms with Crippen LogP contribution in [0.4, 0.5) is 4.39 Å². The molecule has 2 aromatic rings. The van der Waals surface area contributed by atoms with Crippen molar-refractivity contribution in [3.05, 3.63) is 64.4 Å². The summed E-state index contributed by atoms with van der Waals surface area (Å²) in [6.45, 7) is 0. The molecule has 19 heavy (non-hydrogen) atoms. The van der Waals surface area contributed by atoms with Crippen molar-refractivity contribution in [1.82, 2.24) is 0 Å². The van der Waals surface area contributed by atoms with Crippen LogP contribution in [0.3, 0.4) is 0 Å². The van der Waals surface area contributed by atoms with Crippen LogP contribution in [0.25, 0.3) is 0 Å². The van der Waals surface area contributed by atoms with E-state index in [-0.39, 0.29) is 5.82 Å². The molecule has 0 saturated carbocycles. The summed E-state index contributed by atoms with van der Waals surface area (Å²) in [5.74, 6) is 0.361. The Kier molecular flexibility index (Phi) is 4.40. The van der Waals surface area contributed by atoms with Crippen LogP contribution in [0.2, 0.25) is 5.02 Å². The van der Waals surface area contributed by atoms with Crippen LogP contribution in [0.5, 0.6) is 5.75 Å². The SMILES string of the molecule is COc1ccccc1CC(N)c1c(F)cccc1Cl. The first kappa shape index (κ1) is 13.8. The molecular weight excluding hydrogens is 265 g/mol. The largest absolute Gasteiger partial charge is 0.496 e. The average molecular weight is 280 g/mol.